The van der Waals surface area contributed by atoms with Gasteiger partial charge in [-0.05, 0) is 38.4 Å². The van der Waals surface area contributed by atoms with Crippen molar-refractivity contribution in [2.24, 2.45) is 0 Å². The van der Waals surface area contributed by atoms with Gasteiger partial charge in [0.2, 0.25) is 0 Å². The van der Waals surface area contributed by atoms with E-state index in [2.05, 4.69) is 14.9 Å². The molecule has 1 fully saturated rings. The van der Waals surface area contributed by atoms with Crippen molar-refractivity contribution in [2.45, 2.75) is 25.8 Å². The summed E-state index contributed by atoms with van der Waals surface area (Å²) in [7, 11) is 0. The fourth-order valence-corrected chi connectivity index (χ4v) is 2.72. The number of aromatic nitrogens is 2. The van der Waals surface area contributed by atoms with E-state index in [4.69, 9.17) is 0 Å². The van der Waals surface area contributed by atoms with Crippen LogP contribution in [0.4, 0.5) is 4.39 Å². The molecule has 3 rings (SSSR count). The summed E-state index contributed by atoms with van der Waals surface area (Å²) in [4.78, 5) is 4.44. The molecule has 2 aromatic rings. The molecule has 4 heteroatoms. The average Bonchev–Trinajstić information content (AvgIpc) is 2.68. The predicted octanol–water partition coefficient (Wildman–Crippen LogP) is 2.41. The number of halogens is 1. The van der Waals surface area contributed by atoms with E-state index in [9.17, 15) is 4.39 Å². The first-order valence-corrected chi connectivity index (χ1v) is 6.11. The van der Waals surface area contributed by atoms with Crippen molar-refractivity contribution in [3.8, 4) is 0 Å². The second-order valence-electron chi connectivity index (χ2n) is 4.64. The first kappa shape index (κ1) is 10.7. The van der Waals surface area contributed by atoms with E-state index in [1.165, 1.54) is 6.07 Å². The molecule has 3 nitrogen and oxygen atoms in total. The largest absolute Gasteiger partial charge is 0.321 e. The molecule has 17 heavy (non-hydrogen) atoms. The zero-order chi connectivity index (χ0) is 11.8. The molecular weight excluding hydrogens is 217 g/mol. The number of hydrogen-bond acceptors (Lipinski definition) is 2. The molecule has 1 aromatic heterocycles. The lowest BCUT2D eigenvalue weighted by atomic mass is 10.1. The van der Waals surface area contributed by atoms with Gasteiger partial charge in [-0.3, -0.25) is 0 Å². The van der Waals surface area contributed by atoms with Gasteiger partial charge in [-0.2, -0.15) is 0 Å². The van der Waals surface area contributed by atoms with Crippen LogP contribution in [0.5, 0.6) is 0 Å². The van der Waals surface area contributed by atoms with Crippen LogP contribution in [-0.4, -0.2) is 22.6 Å². The zero-order valence-corrected chi connectivity index (χ0v) is 9.91. The van der Waals surface area contributed by atoms with Crippen LogP contribution >= 0.6 is 0 Å². The lowest BCUT2D eigenvalue weighted by Gasteiger charge is -2.25. The van der Waals surface area contributed by atoms with E-state index in [0.717, 1.165) is 37.3 Å². The Bertz CT molecular complexity index is 541. The van der Waals surface area contributed by atoms with Crippen LogP contribution in [0, 0.1) is 12.7 Å². The van der Waals surface area contributed by atoms with Crippen LogP contribution in [0.3, 0.4) is 0 Å². The van der Waals surface area contributed by atoms with Gasteiger partial charge >= 0.3 is 0 Å². The van der Waals surface area contributed by atoms with E-state index < -0.39 is 0 Å². The van der Waals surface area contributed by atoms with Crippen LogP contribution < -0.4 is 5.32 Å². The minimum absolute atomic E-state index is 0.173. The lowest BCUT2D eigenvalue weighted by molar-refractivity contribution is 0.371. The van der Waals surface area contributed by atoms with Crippen LogP contribution in [0.2, 0.25) is 0 Å². The highest BCUT2D eigenvalue weighted by Gasteiger charge is 2.21. The number of aryl methyl sites for hydroxylation is 1. The minimum Gasteiger partial charge on any atom is -0.321 e. The monoisotopic (exact) mass is 233 g/mol. The molecule has 1 N–H and O–H groups in total. The Morgan fingerprint density at radius 1 is 1.47 bits per heavy atom. The fourth-order valence-electron chi connectivity index (χ4n) is 2.72. The summed E-state index contributed by atoms with van der Waals surface area (Å²) in [6.45, 7) is 3.92. The molecule has 0 aliphatic carbocycles. The van der Waals surface area contributed by atoms with Gasteiger partial charge in [0, 0.05) is 12.6 Å². The van der Waals surface area contributed by atoms with Crippen molar-refractivity contribution in [1.29, 1.82) is 0 Å². The summed E-state index contributed by atoms with van der Waals surface area (Å²) in [5.41, 5.74) is 1.41. The number of fused-ring (bicyclic) bond motifs is 1. The Kier molecular flexibility index (Phi) is 2.59. The van der Waals surface area contributed by atoms with Crippen molar-refractivity contribution in [2.75, 3.05) is 13.1 Å². The van der Waals surface area contributed by atoms with Gasteiger partial charge in [-0.25, -0.2) is 9.37 Å². The van der Waals surface area contributed by atoms with Gasteiger partial charge < -0.3 is 9.88 Å². The third-order valence-corrected chi connectivity index (χ3v) is 3.47. The maximum atomic E-state index is 13.9. The number of nitrogens with zero attached hydrogens (tertiary/aromatic N) is 2. The van der Waals surface area contributed by atoms with Crippen molar-refractivity contribution < 1.29 is 4.39 Å². The third kappa shape index (κ3) is 1.72. The van der Waals surface area contributed by atoms with Gasteiger partial charge in [-0.15, -0.1) is 0 Å². The van der Waals surface area contributed by atoms with E-state index in [0.29, 0.717) is 11.6 Å². The van der Waals surface area contributed by atoms with Crippen molar-refractivity contribution >= 4 is 11.0 Å². The Morgan fingerprint density at radius 2 is 2.35 bits per heavy atom. The zero-order valence-electron chi connectivity index (χ0n) is 9.91. The summed E-state index contributed by atoms with van der Waals surface area (Å²) >= 11 is 0. The van der Waals surface area contributed by atoms with Crippen molar-refractivity contribution in [1.82, 2.24) is 14.9 Å². The highest BCUT2D eigenvalue weighted by Crippen LogP contribution is 2.26. The van der Waals surface area contributed by atoms with Gasteiger partial charge in [0.25, 0.3) is 0 Å². The van der Waals surface area contributed by atoms with Gasteiger partial charge in [0.1, 0.15) is 17.2 Å². The number of imidazole rings is 1. The Hall–Kier alpha value is -1.42. The van der Waals surface area contributed by atoms with E-state index in [1.807, 2.05) is 13.0 Å². The summed E-state index contributed by atoms with van der Waals surface area (Å²) < 4.78 is 16.0. The number of nitrogens with one attached hydrogen (secondary N) is 1. The number of hydrogen-bond donors (Lipinski definition) is 1. The highest BCUT2D eigenvalue weighted by molar-refractivity contribution is 5.76. The molecule has 1 unspecified atom stereocenters. The predicted molar refractivity (Wildman–Crippen MR) is 65.6 cm³/mol. The maximum absolute atomic E-state index is 13.9. The van der Waals surface area contributed by atoms with Gasteiger partial charge in [-0.1, -0.05) is 6.07 Å². The average molecular weight is 233 g/mol. The van der Waals surface area contributed by atoms with Crippen molar-refractivity contribution in [3.05, 3.63) is 29.8 Å². The summed E-state index contributed by atoms with van der Waals surface area (Å²) in [5, 5.41) is 3.36. The van der Waals surface area contributed by atoms with Crippen LogP contribution in [0.15, 0.2) is 18.2 Å². The SMILES string of the molecule is Cc1nc2cccc(F)c2n1C1CCCNC1. The Balaban J connectivity index is 2.16. The van der Waals surface area contributed by atoms with Crippen molar-refractivity contribution in [3.63, 3.8) is 0 Å². The molecule has 0 saturated carbocycles. The normalized spacial score (nSPS) is 20.9. The topological polar surface area (TPSA) is 29.9 Å². The van der Waals surface area contributed by atoms with E-state index >= 15 is 0 Å². The molecular formula is C13H16FN3. The van der Waals surface area contributed by atoms with Gasteiger partial charge in [0.15, 0.2) is 0 Å². The summed E-state index contributed by atoms with van der Waals surface area (Å²) in [5.74, 6) is 0.729. The van der Waals surface area contributed by atoms with E-state index in [1.54, 1.807) is 6.07 Å². The minimum atomic E-state index is -0.173. The quantitative estimate of drug-likeness (QED) is 0.819. The number of para-hydroxylation sites is 1. The molecule has 0 bridgehead atoms. The molecule has 1 saturated heterocycles. The Labute approximate surface area is 99.7 Å². The fraction of sp³-hybridized carbons (Fsp3) is 0.462. The molecule has 2 heterocycles. The molecule has 1 aromatic carbocycles. The molecule has 0 radical (unpaired) electrons. The van der Waals surface area contributed by atoms with E-state index in [-0.39, 0.29) is 5.82 Å². The maximum Gasteiger partial charge on any atom is 0.149 e. The molecule has 0 amide bonds. The van der Waals surface area contributed by atoms with Gasteiger partial charge in [0.05, 0.1) is 5.52 Å². The third-order valence-electron chi connectivity index (χ3n) is 3.47. The lowest BCUT2D eigenvalue weighted by Crippen LogP contribution is -2.32. The molecule has 1 aliphatic heterocycles. The number of rotatable bonds is 1. The van der Waals surface area contributed by atoms with Crippen LogP contribution in [0.1, 0.15) is 24.7 Å². The first-order chi connectivity index (χ1) is 8.27. The highest BCUT2D eigenvalue weighted by atomic mass is 19.1. The summed E-state index contributed by atoms with van der Waals surface area (Å²) in [6.07, 6.45) is 2.23. The molecule has 90 valence electrons. The first-order valence-electron chi connectivity index (χ1n) is 6.11. The second kappa shape index (κ2) is 4.11. The summed E-state index contributed by atoms with van der Waals surface area (Å²) in [6, 6.07) is 5.42. The second-order valence-corrected chi connectivity index (χ2v) is 4.64. The number of benzene rings is 1. The molecule has 1 aliphatic rings. The standard InChI is InChI=1S/C13H16FN3/c1-9-16-12-6-2-5-11(14)13(12)17(9)10-4-3-7-15-8-10/h2,5-6,10,15H,3-4,7-8H2,1H3. The smallest absolute Gasteiger partial charge is 0.149 e. The Morgan fingerprint density at radius 3 is 3.12 bits per heavy atom. The number of piperidine rings is 1. The molecule has 0 spiro atoms. The van der Waals surface area contributed by atoms with Crippen LogP contribution in [0.25, 0.3) is 11.0 Å². The molecule has 1 atom stereocenters. The van der Waals surface area contributed by atoms with Crippen LogP contribution in [-0.2, 0) is 0 Å².